The van der Waals surface area contributed by atoms with Gasteiger partial charge in [0.15, 0.2) is 0 Å². The maximum absolute atomic E-state index is 9.23. The summed E-state index contributed by atoms with van der Waals surface area (Å²) < 4.78 is 1.14. The largest absolute Gasteiger partial charge is 0.508 e. The van der Waals surface area contributed by atoms with Gasteiger partial charge in [-0.25, -0.2) is 0 Å². The van der Waals surface area contributed by atoms with Crippen LogP contribution in [0.5, 0.6) is 5.75 Å². The predicted molar refractivity (Wildman–Crippen MR) is 82.4 cm³/mol. The highest BCUT2D eigenvalue weighted by atomic mass is 79.9. The van der Waals surface area contributed by atoms with E-state index in [4.69, 9.17) is 0 Å². The monoisotopic (exact) mass is 319 g/mol. The van der Waals surface area contributed by atoms with E-state index in [1.54, 1.807) is 12.1 Å². The molecule has 2 N–H and O–H groups in total. The lowest BCUT2D eigenvalue weighted by Crippen LogP contribution is -2.21. The summed E-state index contributed by atoms with van der Waals surface area (Å²) in [6.45, 7) is 3.07. The molecule has 0 heterocycles. The topological polar surface area (TPSA) is 32.3 Å². The Hall–Kier alpha value is -1.32. The van der Waals surface area contributed by atoms with Gasteiger partial charge in [0.1, 0.15) is 5.75 Å². The third kappa shape index (κ3) is 4.08. The Balaban J connectivity index is 1.86. The zero-order valence-corrected chi connectivity index (χ0v) is 12.5. The number of rotatable bonds is 5. The number of phenols is 1. The molecule has 0 aliphatic carbocycles. The van der Waals surface area contributed by atoms with E-state index in [0.717, 1.165) is 17.4 Å². The molecule has 0 radical (unpaired) electrons. The van der Waals surface area contributed by atoms with Crippen LogP contribution in [0.3, 0.4) is 0 Å². The van der Waals surface area contributed by atoms with Crippen molar-refractivity contribution in [3.8, 4) is 5.75 Å². The maximum Gasteiger partial charge on any atom is 0.115 e. The summed E-state index contributed by atoms with van der Waals surface area (Å²) in [6, 6.07) is 16.0. The van der Waals surface area contributed by atoms with E-state index in [1.165, 1.54) is 11.1 Å². The zero-order chi connectivity index (χ0) is 13.7. The van der Waals surface area contributed by atoms with Crippen molar-refractivity contribution in [3.05, 3.63) is 64.1 Å². The second-order valence-corrected chi connectivity index (χ2v) is 5.47. The molecule has 0 aliphatic rings. The molecule has 3 heteroatoms. The molecule has 1 unspecified atom stereocenters. The smallest absolute Gasteiger partial charge is 0.115 e. The van der Waals surface area contributed by atoms with Crippen molar-refractivity contribution in [1.82, 2.24) is 5.32 Å². The molecule has 1 atom stereocenters. The van der Waals surface area contributed by atoms with Crippen LogP contribution in [-0.2, 0) is 6.42 Å². The molecule has 0 fully saturated rings. The maximum atomic E-state index is 9.23. The highest BCUT2D eigenvalue weighted by Gasteiger charge is 2.07. The van der Waals surface area contributed by atoms with Gasteiger partial charge in [-0.3, -0.25) is 0 Å². The summed E-state index contributed by atoms with van der Waals surface area (Å²) in [5.41, 5.74) is 2.50. The van der Waals surface area contributed by atoms with Crippen molar-refractivity contribution in [1.29, 1.82) is 0 Å². The number of benzene rings is 2. The fourth-order valence-electron chi connectivity index (χ4n) is 2.03. The van der Waals surface area contributed by atoms with Gasteiger partial charge in [0, 0.05) is 10.5 Å². The first-order valence-electron chi connectivity index (χ1n) is 6.42. The molecule has 100 valence electrons. The van der Waals surface area contributed by atoms with E-state index in [-0.39, 0.29) is 0 Å². The number of halogens is 1. The molecule has 2 aromatic rings. The van der Waals surface area contributed by atoms with Crippen molar-refractivity contribution in [3.63, 3.8) is 0 Å². The first kappa shape index (κ1) is 14.1. The van der Waals surface area contributed by atoms with E-state index in [1.807, 2.05) is 18.2 Å². The number of hydrogen-bond acceptors (Lipinski definition) is 2. The Kier molecular flexibility index (Phi) is 5.00. The van der Waals surface area contributed by atoms with E-state index in [2.05, 4.69) is 46.4 Å². The molecule has 0 amide bonds. The minimum atomic E-state index is 0.313. The highest BCUT2D eigenvalue weighted by molar-refractivity contribution is 9.10. The van der Waals surface area contributed by atoms with Crippen LogP contribution in [0.4, 0.5) is 0 Å². The van der Waals surface area contributed by atoms with Gasteiger partial charge >= 0.3 is 0 Å². The second kappa shape index (κ2) is 6.73. The summed E-state index contributed by atoms with van der Waals surface area (Å²) in [5, 5.41) is 12.7. The fourth-order valence-corrected chi connectivity index (χ4v) is 2.66. The SMILES string of the molecule is CC(NCCc1ccc(O)cc1)c1ccccc1Br. The number of aromatic hydroxyl groups is 1. The van der Waals surface area contributed by atoms with Gasteiger partial charge in [-0.15, -0.1) is 0 Å². The second-order valence-electron chi connectivity index (χ2n) is 4.61. The summed E-state index contributed by atoms with van der Waals surface area (Å²) in [7, 11) is 0. The van der Waals surface area contributed by atoms with Gasteiger partial charge in [0.05, 0.1) is 0 Å². The third-order valence-corrected chi connectivity index (χ3v) is 3.89. The highest BCUT2D eigenvalue weighted by Crippen LogP contribution is 2.22. The average molecular weight is 320 g/mol. The van der Waals surface area contributed by atoms with Crippen LogP contribution >= 0.6 is 15.9 Å². The van der Waals surface area contributed by atoms with Gasteiger partial charge < -0.3 is 10.4 Å². The minimum absolute atomic E-state index is 0.313. The molecule has 0 aromatic heterocycles. The van der Waals surface area contributed by atoms with Crippen LogP contribution in [0.2, 0.25) is 0 Å². The Bertz CT molecular complexity index is 525. The molecule has 19 heavy (non-hydrogen) atoms. The van der Waals surface area contributed by atoms with Crippen LogP contribution < -0.4 is 5.32 Å². The molecule has 0 spiro atoms. The average Bonchev–Trinajstić information content (AvgIpc) is 2.41. The summed E-state index contributed by atoms with van der Waals surface area (Å²) >= 11 is 3.57. The molecule has 2 nitrogen and oxygen atoms in total. The summed E-state index contributed by atoms with van der Waals surface area (Å²) in [5.74, 6) is 0.318. The van der Waals surface area contributed by atoms with E-state index in [9.17, 15) is 5.11 Å². The molecule has 0 bridgehead atoms. The standard InChI is InChI=1S/C16H18BrNO/c1-12(15-4-2-3-5-16(15)17)18-11-10-13-6-8-14(19)9-7-13/h2-9,12,18-19H,10-11H2,1H3. The lowest BCUT2D eigenvalue weighted by atomic mass is 10.1. The quantitative estimate of drug-likeness (QED) is 0.871. The lowest BCUT2D eigenvalue weighted by Gasteiger charge is -2.15. The molecule has 2 rings (SSSR count). The van der Waals surface area contributed by atoms with Crippen LogP contribution in [0.15, 0.2) is 53.0 Å². The Labute approximate surface area is 122 Å². The van der Waals surface area contributed by atoms with Gasteiger partial charge in [0.25, 0.3) is 0 Å². The number of phenolic OH excluding ortho intramolecular Hbond substituents is 1. The number of nitrogens with one attached hydrogen (secondary N) is 1. The predicted octanol–water partition coefficient (Wildman–Crippen LogP) is 4.05. The fraction of sp³-hybridized carbons (Fsp3) is 0.250. The Morgan fingerprint density at radius 2 is 1.79 bits per heavy atom. The molecule has 2 aromatic carbocycles. The van der Waals surface area contributed by atoms with Gasteiger partial charge in [-0.05, 0) is 49.2 Å². The van der Waals surface area contributed by atoms with Crippen LogP contribution in [0.1, 0.15) is 24.1 Å². The van der Waals surface area contributed by atoms with Crippen molar-refractivity contribution in [2.75, 3.05) is 6.54 Å². The Morgan fingerprint density at radius 3 is 2.47 bits per heavy atom. The van der Waals surface area contributed by atoms with Crippen molar-refractivity contribution >= 4 is 15.9 Å². The molecule has 0 aliphatic heterocycles. The molecule has 0 saturated heterocycles. The zero-order valence-electron chi connectivity index (χ0n) is 10.9. The normalized spacial score (nSPS) is 12.3. The molecular formula is C16H18BrNO. The van der Waals surface area contributed by atoms with E-state index in [0.29, 0.717) is 11.8 Å². The molecular weight excluding hydrogens is 302 g/mol. The van der Waals surface area contributed by atoms with Gasteiger partial charge in [-0.2, -0.15) is 0 Å². The van der Waals surface area contributed by atoms with Crippen molar-refractivity contribution in [2.45, 2.75) is 19.4 Å². The van der Waals surface area contributed by atoms with E-state index < -0.39 is 0 Å². The van der Waals surface area contributed by atoms with Gasteiger partial charge in [-0.1, -0.05) is 46.3 Å². The van der Waals surface area contributed by atoms with E-state index >= 15 is 0 Å². The van der Waals surface area contributed by atoms with Crippen molar-refractivity contribution < 1.29 is 5.11 Å². The Morgan fingerprint density at radius 1 is 1.11 bits per heavy atom. The summed E-state index contributed by atoms with van der Waals surface area (Å²) in [6.07, 6.45) is 0.953. The minimum Gasteiger partial charge on any atom is -0.508 e. The third-order valence-electron chi connectivity index (χ3n) is 3.17. The summed E-state index contributed by atoms with van der Waals surface area (Å²) in [4.78, 5) is 0. The first-order chi connectivity index (χ1) is 9.16. The number of hydrogen-bond donors (Lipinski definition) is 2. The van der Waals surface area contributed by atoms with Crippen LogP contribution in [-0.4, -0.2) is 11.7 Å². The first-order valence-corrected chi connectivity index (χ1v) is 7.22. The lowest BCUT2D eigenvalue weighted by molar-refractivity contribution is 0.475. The van der Waals surface area contributed by atoms with Crippen molar-refractivity contribution in [2.24, 2.45) is 0 Å². The molecule has 0 saturated carbocycles. The van der Waals surface area contributed by atoms with Crippen LogP contribution in [0.25, 0.3) is 0 Å². The van der Waals surface area contributed by atoms with Gasteiger partial charge in [0.2, 0.25) is 0 Å². The van der Waals surface area contributed by atoms with Crippen LogP contribution in [0, 0.1) is 0 Å².